The highest BCUT2D eigenvalue weighted by atomic mass is 32.2. The Bertz CT molecular complexity index is 564. The van der Waals surface area contributed by atoms with Crippen molar-refractivity contribution in [2.75, 3.05) is 0 Å². The van der Waals surface area contributed by atoms with Gasteiger partial charge >= 0.3 is 5.97 Å². The molecule has 0 spiro atoms. The summed E-state index contributed by atoms with van der Waals surface area (Å²) >= 11 is 1.75. The quantitative estimate of drug-likeness (QED) is 0.668. The average molecular weight is 271 g/mol. The highest BCUT2D eigenvalue weighted by Gasteiger charge is 1.96. The summed E-state index contributed by atoms with van der Waals surface area (Å²) in [6, 6.07) is 11.8. The fourth-order valence-corrected chi connectivity index (χ4v) is 2.33. The summed E-state index contributed by atoms with van der Waals surface area (Å²) in [4.78, 5) is 15.6. The molecule has 1 aromatic heterocycles. The molecule has 0 amide bonds. The van der Waals surface area contributed by atoms with Gasteiger partial charge in [0, 0.05) is 29.1 Å². The number of benzene rings is 1. The van der Waals surface area contributed by atoms with Crippen LogP contribution in [0, 0.1) is 0 Å². The van der Waals surface area contributed by atoms with E-state index in [4.69, 9.17) is 5.11 Å². The van der Waals surface area contributed by atoms with Crippen LogP contribution in [0.25, 0.3) is 6.08 Å². The van der Waals surface area contributed by atoms with Crippen molar-refractivity contribution in [1.29, 1.82) is 0 Å². The van der Waals surface area contributed by atoms with Gasteiger partial charge in [-0.15, -0.1) is 11.8 Å². The van der Waals surface area contributed by atoms with Gasteiger partial charge in [-0.2, -0.15) is 0 Å². The predicted molar refractivity (Wildman–Crippen MR) is 76.9 cm³/mol. The summed E-state index contributed by atoms with van der Waals surface area (Å²) < 4.78 is 0. The van der Waals surface area contributed by atoms with Gasteiger partial charge in [0.05, 0.1) is 0 Å². The molecule has 19 heavy (non-hydrogen) atoms. The van der Waals surface area contributed by atoms with E-state index in [2.05, 4.69) is 4.98 Å². The first-order valence-electron chi connectivity index (χ1n) is 5.77. The molecule has 3 nitrogen and oxygen atoms in total. The van der Waals surface area contributed by atoms with Crippen LogP contribution in [0.15, 0.2) is 59.8 Å². The zero-order valence-corrected chi connectivity index (χ0v) is 11.0. The van der Waals surface area contributed by atoms with Gasteiger partial charge in [0.15, 0.2) is 0 Å². The number of carboxylic acids is 1. The standard InChI is InChI=1S/C15H13NO2S/c17-15(18)6-5-12-1-3-13(4-2-12)11-19-14-7-9-16-10-8-14/h1-10H,11H2,(H,17,18). The van der Waals surface area contributed by atoms with E-state index < -0.39 is 5.97 Å². The third kappa shape index (κ3) is 4.60. The maximum absolute atomic E-state index is 10.4. The topological polar surface area (TPSA) is 50.2 Å². The lowest BCUT2D eigenvalue weighted by Crippen LogP contribution is -1.86. The van der Waals surface area contributed by atoms with Crippen LogP contribution in [0.5, 0.6) is 0 Å². The van der Waals surface area contributed by atoms with Gasteiger partial charge < -0.3 is 5.11 Å². The maximum atomic E-state index is 10.4. The molecule has 2 rings (SSSR count). The molecule has 0 saturated heterocycles. The fraction of sp³-hybridized carbons (Fsp3) is 0.0667. The fourth-order valence-electron chi connectivity index (χ4n) is 1.49. The third-order valence-electron chi connectivity index (χ3n) is 2.45. The van der Waals surface area contributed by atoms with Crippen molar-refractivity contribution < 1.29 is 9.90 Å². The first-order valence-corrected chi connectivity index (χ1v) is 6.75. The molecule has 0 aliphatic heterocycles. The Balaban J connectivity index is 1.94. The Labute approximate surface area is 116 Å². The highest BCUT2D eigenvalue weighted by molar-refractivity contribution is 7.98. The lowest BCUT2D eigenvalue weighted by atomic mass is 10.1. The number of carboxylic acid groups (broad SMARTS) is 1. The maximum Gasteiger partial charge on any atom is 0.328 e. The summed E-state index contributed by atoms with van der Waals surface area (Å²) in [7, 11) is 0. The van der Waals surface area contributed by atoms with Gasteiger partial charge in [0.1, 0.15) is 0 Å². The molecular weight excluding hydrogens is 258 g/mol. The molecule has 1 heterocycles. The average Bonchev–Trinajstić information content (AvgIpc) is 2.45. The van der Waals surface area contributed by atoms with E-state index in [9.17, 15) is 4.79 Å². The van der Waals surface area contributed by atoms with E-state index in [0.717, 1.165) is 17.4 Å². The molecule has 0 fully saturated rings. The van der Waals surface area contributed by atoms with Crippen molar-refractivity contribution in [2.45, 2.75) is 10.6 Å². The van der Waals surface area contributed by atoms with Gasteiger partial charge in [0.25, 0.3) is 0 Å². The van der Waals surface area contributed by atoms with E-state index >= 15 is 0 Å². The summed E-state index contributed by atoms with van der Waals surface area (Å²) in [5.41, 5.74) is 2.09. The van der Waals surface area contributed by atoms with Crippen molar-refractivity contribution in [3.05, 3.63) is 66.0 Å². The number of pyridine rings is 1. The molecule has 0 radical (unpaired) electrons. The van der Waals surface area contributed by atoms with Crippen molar-refractivity contribution in [3.63, 3.8) is 0 Å². The van der Waals surface area contributed by atoms with Crippen LogP contribution in [-0.2, 0) is 10.5 Å². The van der Waals surface area contributed by atoms with Crippen LogP contribution in [0.3, 0.4) is 0 Å². The van der Waals surface area contributed by atoms with Gasteiger partial charge in [-0.25, -0.2) is 4.79 Å². The molecule has 0 aliphatic rings. The molecule has 0 atom stereocenters. The molecular formula is C15H13NO2S. The minimum atomic E-state index is -0.933. The molecule has 1 N–H and O–H groups in total. The van der Waals surface area contributed by atoms with Crippen molar-refractivity contribution in [1.82, 2.24) is 4.98 Å². The lowest BCUT2D eigenvalue weighted by Gasteiger charge is -2.02. The second-order valence-electron chi connectivity index (χ2n) is 3.88. The molecule has 2 aromatic rings. The number of aliphatic carboxylic acids is 1. The summed E-state index contributed by atoms with van der Waals surface area (Å²) in [5, 5.41) is 8.54. The van der Waals surface area contributed by atoms with Crippen molar-refractivity contribution >= 4 is 23.8 Å². The molecule has 1 aromatic carbocycles. The van der Waals surface area contributed by atoms with Gasteiger partial charge in [-0.3, -0.25) is 4.98 Å². The van der Waals surface area contributed by atoms with Crippen molar-refractivity contribution in [2.24, 2.45) is 0 Å². The SMILES string of the molecule is O=C(O)C=Cc1ccc(CSc2ccncc2)cc1. The Morgan fingerprint density at radius 1 is 1.16 bits per heavy atom. The second kappa shape index (κ2) is 6.75. The lowest BCUT2D eigenvalue weighted by molar-refractivity contribution is -0.131. The highest BCUT2D eigenvalue weighted by Crippen LogP contribution is 2.22. The first-order chi connectivity index (χ1) is 9.24. The van der Waals surface area contributed by atoms with E-state index in [0.29, 0.717) is 0 Å². The number of thioether (sulfide) groups is 1. The summed E-state index contributed by atoms with van der Waals surface area (Å²) in [6.07, 6.45) is 6.28. The predicted octanol–water partition coefficient (Wildman–Crippen LogP) is 3.47. The zero-order valence-electron chi connectivity index (χ0n) is 10.2. The first kappa shape index (κ1) is 13.4. The number of carbonyl (C=O) groups is 1. The monoisotopic (exact) mass is 271 g/mol. The van der Waals surface area contributed by atoms with Crippen LogP contribution in [0.1, 0.15) is 11.1 Å². The number of rotatable bonds is 5. The Hall–Kier alpha value is -2.07. The second-order valence-corrected chi connectivity index (χ2v) is 4.93. The normalized spacial score (nSPS) is 10.7. The summed E-state index contributed by atoms with van der Waals surface area (Å²) in [6.45, 7) is 0. The van der Waals surface area contributed by atoms with Crippen LogP contribution in [0.2, 0.25) is 0 Å². The van der Waals surface area contributed by atoms with Gasteiger partial charge in [-0.05, 0) is 29.3 Å². The Morgan fingerprint density at radius 2 is 1.84 bits per heavy atom. The number of nitrogens with zero attached hydrogens (tertiary/aromatic N) is 1. The van der Waals surface area contributed by atoms with Gasteiger partial charge in [-0.1, -0.05) is 24.3 Å². The largest absolute Gasteiger partial charge is 0.478 e. The number of hydrogen-bond acceptors (Lipinski definition) is 3. The molecule has 0 bridgehead atoms. The molecule has 0 unspecified atom stereocenters. The number of hydrogen-bond donors (Lipinski definition) is 1. The Morgan fingerprint density at radius 3 is 2.47 bits per heavy atom. The van der Waals surface area contributed by atoms with Crippen LogP contribution >= 0.6 is 11.8 Å². The van der Waals surface area contributed by atoms with Crippen LogP contribution in [0.4, 0.5) is 0 Å². The molecule has 4 heteroatoms. The molecule has 96 valence electrons. The third-order valence-corrected chi connectivity index (χ3v) is 3.54. The van der Waals surface area contributed by atoms with E-state index in [1.165, 1.54) is 10.5 Å². The van der Waals surface area contributed by atoms with E-state index in [1.807, 2.05) is 36.4 Å². The van der Waals surface area contributed by atoms with Crippen molar-refractivity contribution in [3.8, 4) is 0 Å². The number of aromatic nitrogens is 1. The van der Waals surface area contributed by atoms with Crippen LogP contribution in [-0.4, -0.2) is 16.1 Å². The van der Waals surface area contributed by atoms with E-state index in [1.54, 1.807) is 30.2 Å². The van der Waals surface area contributed by atoms with Gasteiger partial charge in [0.2, 0.25) is 0 Å². The van der Waals surface area contributed by atoms with Crippen LogP contribution < -0.4 is 0 Å². The van der Waals surface area contributed by atoms with E-state index in [-0.39, 0.29) is 0 Å². The summed E-state index contributed by atoms with van der Waals surface area (Å²) in [5.74, 6) is -0.0512. The minimum absolute atomic E-state index is 0.882. The Kier molecular flexibility index (Phi) is 4.75. The minimum Gasteiger partial charge on any atom is -0.478 e. The smallest absolute Gasteiger partial charge is 0.328 e. The molecule has 0 aliphatic carbocycles. The zero-order chi connectivity index (χ0) is 13.5. The molecule has 0 saturated carbocycles.